The standard InChI is InChI=1S/C9H9FO2/c10-7-3-1-2-6-8(11)4-5-12-9(6)7/h1-3,8,11H,4-5H2/t8-/m1/s1. The van der Waals surface area contributed by atoms with Gasteiger partial charge in [-0.25, -0.2) is 4.39 Å². The van der Waals surface area contributed by atoms with Gasteiger partial charge in [0.05, 0.1) is 12.7 Å². The van der Waals surface area contributed by atoms with Crippen molar-refractivity contribution in [2.75, 3.05) is 6.61 Å². The van der Waals surface area contributed by atoms with Gasteiger partial charge in [0, 0.05) is 12.0 Å². The number of hydrogen-bond acceptors (Lipinski definition) is 2. The van der Waals surface area contributed by atoms with E-state index in [4.69, 9.17) is 4.74 Å². The van der Waals surface area contributed by atoms with Crippen molar-refractivity contribution in [3.63, 3.8) is 0 Å². The Labute approximate surface area is 69.6 Å². The Morgan fingerprint density at radius 2 is 2.33 bits per heavy atom. The van der Waals surface area contributed by atoms with Crippen molar-refractivity contribution in [1.82, 2.24) is 0 Å². The lowest BCUT2D eigenvalue weighted by molar-refractivity contribution is 0.112. The molecule has 1 aliphatic heterocycles. The van der Waals surface area contributed by atoms with Gasteiger partial charge < -0.3 is 9.84 Å². The molecule has 2 nitrogen and oxygen atoms in total. The van der Waals surface area contributed by atoms with Gasteiger partial charge >= 0.3 is 0 Å². The number of ether oxygens (including phenoxy) is 1. The molecule has 12 heavy (non-hydrogen) atoms. The zero-order valence-corrected chi connectivity index (χ0v) is 6.46. The first kappa shape index (κ1) is 7.55. The van der Waals surface area contributed by atoms with Crippen molar-refractivity contribution in [3.8, 4) is 5.75 Å². The van der Waals surface area contributed by atoms with Crippen molar-refractivity contribution < 1.29 is 14.2 Å². The number of hydrogen-bond donors (Lipinski definition) is 1. The summed E-state index contributed by atoms with van der Waals surface area (Å²) in [5, 5.41) is 9.44. The third-order valence-corrected chi connectivity index (χ3v) is 1.99. The van der Waals surface area contributed by atoms with Crippen LogP contribution in [0.1, 0.15) is 18.1 Å². The average Bonchev–Trinajstić information content (AvgIpc) is 2.07. The SMILES string of the molecule is O[C@@H]1CCOc2c(F)cccc21. The van der Waals surface area contributed by atoms with E-state index in [0.717, 1.165) is 0 Å². The highest BCUT2D eigenvalue weighted by Gasteiger charge is 2.21. The maximum absolute atomic E-state index is 13.0. The van der Waals surface area contributed by atoms with Crippen molar-refractivity contribution in [3.05, 3.63) is 29.6 Å². The third kappa shape index (κ3) is 1.06. The summed E-state index contributed by atoms with van der Waals surface area (Å²) in [5.74, 6) is -0.192. The van der Waals surface area contributed by atoms with Gasteiger partial charge in [0.2, 0.25) is 0 Å². The van der Waals surface area contributed by atoms with Crippen LogP contribution < -0.4 is 4.74 Å². The first-order valence-corrected chi connectivity index (χ1v) is 3.88. The number of benzene rings is 1. The lowest BCUT2D eigenvalue weighted by Gasteiger charge is -2.21. The van der Waals surface area contributed by atoms with E-state index < -0.39 is 11.9 Å². The molecule has 0 spiro atoms. The summed E-state index contributed by atoms with van der Waals surface area (Å²) < 4.78 is 18.1. The van der Waals surface area contributed by atoms with E-state index in [2.05, 4.69) is 0 Å². The van der Waals surface area contributed by atoms with Crippen LogP contribution in [0.25, 0.3) is 0 Å². The van der Waals surface area contributed by atoms with Gasteiger partial charge in [0.15, 0.2) is 11.6 Å². The van der Waals surface area contributed by atoms with E-state index >= 15 is 0 Å². The molecule has 0 saturated heterocycles. The smallest absolute Gasteiger partial charge is 0.165 e. The fourth-order valence-corrected chi connectivity index (χ4v) is 1.37. The summed E-state index contributed by atoms with van der Waals surface area (Å²) in [6, 6.07) is 4.59. The number of aliphatic hydroxyl groups is 1. The number of fused-ring (bicyclic) bond motifs is 1. The Kier molecular flexibility index (Phi) is 1.73. The zero-order chi connectivity index (χ0) is 8.55. The number of para-hydroxylation sites is 1. The minimum Gasteiger partial charge on any atom is -0.490 e. The fraction of sp³-hybridized carbons (Fsp3) is 0.333. The van der Waals surface area contributed by atoms with E-state index in [1.807, 2.05) is 0 Å². The molecular weight excluding hydrogens is 159 g/mol. The maximum atomic E-state index is 13.0. The molecule has 0 fully saturated rings. The van der Waals surface area contributed by atoms with Crippen molar-refractivity contribution in [1.29, 1.82) is 0 Å². The number of aliphatic hydroxyl groups excluding tert-OH is 1. The molecule has 64 valence electrons. The quantitative estimate of drug-likeness (QED) is 0.638. The molecular formula is C9H9FO2. The van der Waals surface area contributed by atoms with Crippen molar-refractivity contribution in [2.24, 2.45) is 0 Å². The normalized spacial score (nSPS) is 21.3. The van der Waals surface area contributed by atoms with E-state index in [1.54, 1.807) is 12.1 Å². The maximum Gasteiger partial charge on any atom is 0.165 e. The van der Waals surface area contributed by atoms with Crippen molar-refractivity contribution in [2.45, 2.75) is 12.5 Å². The highest BCUT2D eigenvalue weighted by atomic mass is 19.1. The van der Waals surface area contributed by atoms with Gasteiger partial charge in [-0.1, -0.05) is 12.1 Å². The van der Waals surface area contributed by atoms with Crippen LogP contribution in [0.15, 0.2) is 18.2 Å². The van der Waals surface area contributed by atoms with E-state index in [0.29, 0.717) is 18.6 Å². The Balaban J connectivity index is 2.52. The predicted octanol–water partition coefficient (Wildman–Crippen LogP) is 1.64. The molecule has 0 aliphatic carbocycles. The number of halogens is 1. The van der Waals surface area contributed by atoms with Crippen LogP contribution in [0.4, 0.5) is 4.39 Å². The molecule has 2 rings (SSSR count). The first-order valence-electron chi connectivity index (χ1n) is 3.88. The van der Waals surface area contributed by atoms with E-state index in [9.17, 15) is 9.50 Å². The molecule has 1 aromatic carbocycles. The second kappa shape index (κ2) is 2.75. The van der Waals surface area contributed by atoms with Gasteiger partial charge in [-0.05, 0) is 6.07 Å². The summed E-state index contributed by atoms with van der Waals surface area (Å²) in [5.41, 5.74) is 0.557. The summed E-state index contributed by atoms with van der Waals surface area (Å²) in [6.45, 7) is 0.384. The predicted molar refractivity (Wildman–Crippen MR) is 41.5 cm³/mol. The van der Waals surface area contributed by atoms with Gasteiger partial charge in [-0.3, -0.25) is 0 Å². The van der Waals surface area contributed by atoms with Crippen LogP contribution in [0.5, 0.6) is 5.75 Å². The molecule has 0 amide bonds. The Bertz CT molecular complexity index is 299. The molecule has 0 saturated carbocycles. The lowest BCUT2D eigenvalue weighted by atomic mass is 10.0. The van der Waals surface area contributed by atoms with Crippen LogP contribution >= 0.6 is 0 Å². The van der Waals surface area contributed by atoms with Crippen LogP contribution in [-0.4, -0.2) is 11.7 Å². The monoisotopic (exact) mass is 168 g/mol. The van der Waals surface area contributed by atoms with Gasteiger partial charge in [0.1, 0.15) is 0 Å². The van der Waals surface area contributed by atoms with E-state index in [1.165, 1.54) is 6.07 Å². The minimum atomic E-state index is -0.579. The largest absolute Gasteiger partial charge is 0.490 e. The Hall–Kier alpha value is -1.09. The van der Waals surface area contributed by atoms with Crippen molar-refractivity contribution >= 4 is 0 Å². The Morgan fingerprint density at radius 1 is 1.50 bits per heavy atom. The van der Waals surface area contributed by atoms with Crippen LogP contribution in [0, 0.1) is 5.82 Å². The molecule has 0 aromatic heterocycles. The summed E-state index contributed by atoms with van der Waals surface area (Å²) in [4.78, 5) is 0. The Morgan fingerprint density at radius 3 is 3.08 bits per heavy atom. The average molecular weight is 168 g/mol. The highest BCUT2D eigenvalue weighted by Crippen LogP contribution is 2.33. The van der Waals surface area contributed by atoms with E-state index in [-0.39, 0.29) is 5.75 Å². The highest BCUT2D eigenvalue weighted by molar-refractivity contribution is 5.37. The van der Waals surface area contributed by atoms with Crippen LogP contribution in [-0.2, 0) is 0 Å². The first-order chi connectivity index (χ1) is 5.79. The molecule has 1 N–H and O–H groups in total. The summed E-state index contributed by atoms with van der Waals surface area (Å²) >= 11 is 0. The van der Waals surface area contributed by atoms with Gasteiger partial charge in [-0.2, -0.15) is 0 Å². The summed E-state index contributed by atoms with van der Waals surface area (Å²) in [6.07, 6.45) is -0.0411. The zero-order valence-electron chi connectivity index (χ0n) is 6.46. The number of rotatable bonds is 0. The van der Waals surface area contributed by atoms with Gasteiger partial charge in [-0.15, -0.1) is 0 Å². The molecule has 0 bridgehead atoms. The molecule has 1 aromatic rings. The molecule has 1 heterocycles. The topological polar surface area (TPSA) is 29.5 Å². The minimum absolute atomic E-state index is 0.205. The molecule has 0 radical (unpaired) electrons. The second-order valence-corrected chi connectivity index (χ2v) is 2.81. The van der Waals surface area contributed by atoms with Gasteiger partial charge in [0.25, 0.3) is 0 Å². The molecule has 0 unspecified atom stereocenters. The second-order valence-electron chi connectivity index (χ2n) is 2.81. The lowest BCUT2D eigenvalue weighted by Crippen LogP contribution is -2.14. The van der Waals surface area contributed by atoms with Crippen LogP contribution in [0.2, 0.25) is 0 Å². The molecule has 1 atom stereocenters. The molecule has 3 heteroatoms. The summed E-state index contributed by atoms with van der Waals surface area (Å²) in [7, 11) is 0. The molecule has 1 aliphatic rings. The van der Waals surface area contributed by atoms with Crippen LogP contribution in [0.3, 0.4) is 0 Å². The third-order valence-electron chi connectivity index (χ3n) is 1.99. The fourth-order valence-electron chi connectivity index (χ4n) is 1.37.